The van der Waals surface area contributed by atoms with Gasteiger partial charge in [0.05, 0.1) is 6.54 Å². The van der Waals surface area contributed by atoms with Crippen LogP contribution in [0.3, 0.4) is 0 Å². The van der Waals surface area contributed by atoms with Gasteiger partial charge in [0.15, 0.2) is 0 Å². The molecular weight excluding hydrogens is 338 g/mol. The van der Waals surface area contributed by atoms with Gasteiger partial charge in [0, 0.05) is 19.5 Å². The molecule has 2 N–H and O–H groups in total. The van der Waals surface area contributed by atoms with E-state index in [2.05, 4.69) is 10.6 Å². The zero-order valence-electron chi connectivity index (χ0n) is 14.6. The average Bonchev–Trinajstić information content (AvgIpc) is 3.25. The summed E-state index contributed by atoms with van der Waals surface area (Å²) >= 11 is 0. The molecule has 6 heteroatoms. The summed E-state index contributed by atoms with van der Waals surface area (Å²) in [7, 11) is 0. The number of carbonyl (C=O) groups is 2. The van der Waals surface area contributed by atoms with Gasteiger partial charge in [-0.2, -0.15) is 0 Å². The van der Waals surface area contributed by atoms with Crippen molar-refractivity contribution in [1.29, 1.82) is 0 Å². The number of likely N-dealkylation sites (tertiary alicyclic amines) is 1. The number of amides is 2. The van der Waals surface area contributed by atoms with Crippen LogP contribution in [-0.2, 0) is 16.0 Å². The monoisotopic (exact) mass is 365 g/mol. The van der Waals surface area contributed by atoms with Crippen molar-refractivity contribution >= 4 is 24.2 Å². The third-order valence-corrected chi connectivity index (χ3v) is 4.75. The maximum absolute atomic E-state index is 12.8. The Balaban J connectivity index is 0.00000225. The third-order valence-electron chi connectivity index (χ3n) is 4.75. The molecule has 0 spiro atoms. The Morgan fingerprint density at radius 1 is 1.12 bits per heavy atom. The lowest BCUT2D eigenvalue weighted by Crippen LogP contribution is -2.50. The second kappa shape index (κ2) is 9.78. The molecule has 1 atom stereocenters. The van der Waals surface area contributed by atoms with Crippen LogP contribution < -0.4 is 10.6 Å². The minimum absolute atomic E-state index is 0. The minimum atomic E-state index is -0.472. The fourth-order valence-corrected chi connectivity index (χ4v) is 3.16. The zero-order valence-corrected chi connectivity index (χ0v) is 15.4. The summed E-state index contributed by atoms with van der Waals surface area (Å²) in [6.07, 6.45) is 5.18. The standard InChI is InChI=1S/C19H27N3O2.ClH/c23-18(14-20-13-16-8-9-16)21-17(12-15-6-2-1-3-7-15)19(24)22-10-4-5-11-22;/h1-3,6-7,16-17,20H,4-5,8-14H2,(H,21,23);1H. The van der Waals surface area contributed by atoms with Gasteiger partial charge in [-0.25, -0.2) is 0 Å². The van der Waals surface area contributed by atoms with Crippen LogP contribution in [-0.4, -0.2) is 48.9 Å². The van der Waals surface area contributed by atoms with Crippen molar-refractivity contribution < 1.29 is 9.59 Å². The van der Waals surface area contributed by atoms with Gasteiger partial charge in [-0.05, 0) is 43.7 Å². The van der Waals surface area contributed by atoms with Crippen LogP contribution in [0.1, 0.15) is 31.2 Å². The first-order chi connectivity index (χ1) is 11.7. The van der Waals surface area contributed by atoms with E-state index in [1.165, 1.54) is 12.8 Å². The Hall–Kier alpha value is -1.59. The lowest BCUT2D eigenvalue weighted by atomic mass is 10.0. The highest BCUT2D eigenvalue weighted by Gasteiger charge is 2.28. The largest absolute Gasteiger partial charge is 0.343 e. The Labute approximate surface area is 155 Å². The van der Waals surface area contributed by atoms with Crippen molar-refractivity contribution in [3.05, 3.63) is 35.9 Å². The van der Waals surface area contributed by atoms with Gasteiger partial charge in [-0.15, -0.1) is 12.4 Å². The topological polar surface area (TPSA) is 61.4 Å². The Kier molecular flexibility index (Phi) is 7.72. The van der Waals surface area contributed by atoms with E-state index in [0.717, 1.165) is 44.0 Å². The third kappa shape index (κ3) is 6.33. The summed E-state index contributed by atoms with van der Waals surface area (Å²) in [5.41, 5.74) is 1.07. The van der Waals surface area contributed by atoms with E-state index in [-0.39, 0.29) is 30.8 Å². The zero-order chi connectivity index (χ0) is 16.8. The highest BCUT2D eigenvalue weighted by molar-refractivity contribution is 5.88. The molecule has 0 aromatic heterocycles. The summed E-state index contributed by atoms with van der Waals surface area (Å²) in [6.45, 7) is 2.80. The molecule has 138 valence electrons. The van der Waals surface area contributed by atoms with Gasteiger partial charge in [-0.1, -0.05) is 30.3 Å². The van der Waals surface area contributed by atoms with Gasteiger partial charge in [0.25, 0.3) is 0 Å². The second-order valence-electron chi connectivity index (χ2n) is 6.92. The molecule has 1 saturated carbocycles. The first-order valence-electron chi connectivity index (χ1n) is 9.05. The van der Waals surface area contributed by atoms with Crippen molar-refractivity contribution in [2.75, 3.05) is 26.2 Å². The van der Waals surface area contributed by atoms with Crippen LogP contribution in [0.2, 0.25) is 0 Å². The van der Waals surface area contributed by atoms with E-state index >= 15 is 0 Å². The number of carbonyl (C=O) groups excluding carboxylic acids is 2. The molecule has 25 heavy (non-hydrogen) atoms. The molecule has 1 aromatic rings. The number of rotatable bonds is 8. The molecule has 0 bridgehead atoms. The lowest BCUT2D eigenvalue weighted by molar-refractivity contribution is -0.135. The molecule has 1 aliphatic carbocycles. The van der Waals surface area contributed by atoms with Crippen molar-refractivity contribution in [2.24, 2.45) is 5.92 Å². The first kappa shape index (κ1) is 19.7. The fourth-order valence-electron chi connectivity index (χ4n) is 3.16. The lowest BCUT2D eigenvalue weighted by Gasteiger charge is -2.24. The summed E-state index contributed by atoms with van der Waals surface area (Å²) in [6, 6.07) is 9.42. The molecule has 1 saturated heterocycles. The molecule has 2 amide bonds. The summed E-state index contributed by atoms with van der Waals surface area (Å²) in [5, 5.41) is 6.13. The van der Waals surface area contributed by atoms with Crippen molar-refractivity contribution in [2.45, 2.75) is 38.1 Å². The van der Waals surface area contributed by atoms with Gasteiger partial charge in [0.1, 0.15) is 6.04 Å². The van der Waals surface area contributed by atoms with Crippen molar-refractivity contribution in [1.82, 2.24) is 15.5 Å². The molecule has 1 unspecified atom stereocenters. The smallest absolute Gasteiger partial charge is 0.245 e. The Morgan fingerprint density at radius 2 is 1.80 bits per heavy atom. The van der Waals surface area contributed by atoms with E-state index in [0.29, 0.717) is 6.42 Å². The first-order valence-corrected chi connectivity index (χ1v) is 9.05. The molecule has 2 aliphatic rings. The van der Waals surface area contributed by atoms with Crippen LogP contribution >= 0.6 is 12.4 Å². The maximum atomic E-state index is 12.8. The predicted molar refractivity (Wildman–Crippen MR) is 101 cm³/mol. The summed E-state index contributed by atoms with van der Waals surface area (Å²) in [5.74, 6) is 0.695. The molecule has 3 rings (SSSR count). The molecule has 1 aliphatic heterocycles. The van der Waals surface area contributed by atoms with Crippen molar-refractivity contribution in [3.8, 4) is 0 Å². The van der Waals surface area contributed by atoms with Crippen LogP contribution in [0.4, 0.5) is 0 Å². The molecule has 5 nitrogen and oxygen atoms in total. The van der Waals surface area contributed by atoms with E-state index in [1.54, 1.807) is 0 Å². The number of halogens is 1. The van der Waals surface area contributed by atoms with Gasteiger partial charge in [-0.3, -0.25) is 9.59 Å². The fraction of sp³-hybridized carbons (Fsp3) is 0.579. The molecule has 1 heterocycles. The maximum Gasteiger partial charge on any atom is 0.245 e. The predicted octanol–water partition coefficient (Wildman–Crippen LogP) is 1.76. The molecule has 2 fully saturated rings. The van der Waals surface area contributed by atoms with Crippen LogP contribution in [0.15, 0.2) is 30.3 Å². The minimum Gasteiger partial charge on any atom is -0.343 e. The van der Waals surface area contributed by atoms with Gasteiger partial charge >= 0.3 is 0 Å². The Morgan fingerprint density at radius 3 is 2.44 bits per heavy atom. The quantitative estimate of drug-likeness (QED) is 0.738. The van der Waals surface area contributed by atoms with E-state index < -0.39 is 6.04 Å². The number of hydrogen-bond acceptors (Lipinski definition) is 3. The van der Waals surface area contributed by atoms with Crippen LogP contribution in [0.25, 0.3) is 0 Å². The number of nitrogens with one attached hydrogen (secondary N) is 2. The Bertz CT molecular complexity index is 557. The van der Waals surface area contributed by atoms with Crippen LogP contribution in [0.5, 0.6) is 0 Å². The van der Waals surface area contributed by atoms with Gasteiger partial charge < -0.3 is 15.5 Å². The molecule has 1 aromatic carbocycles. The molecular formula is C19H28ClN3O2. The van der Waals surface area contributed by atoms with Crippen molar-refractivity contribution in [3.63, 3.8) is 0 Å². The van der Waals surface area contributed by atoms with E-state index in [4.69, 9.17) is 0 Å². The second-order valence-corrected chi connectivity index (χ2v) is 6.92. The number of hydrogen-bond donors (Lipinski definition) is 2. The summed E-state index contributed by atoms with van der Waals surface area (Å²) < 4.78 is 0. The average molecular weight is 366 g/mol. The number of benzene rings is 1. The van der Waals surface area contributed by atoms with Gasteiger partial charge in [0.2, 0.25) is 11.8 Å². The normalized spacial score (nSPS) is 17.7. The highest BCUT2D eigenvalue weighted by Crippen LogP contribution is 2.27. The SMILES string of the molecule is Cl.O=C(CNCC1CC1)NC(Cc1ccccc1)C(=O)N1CCCC1. The van der Waals surface area contributed by atoms with E-state index in [9.17, 15) is 9.59 Å². The number of nitrogens with zero attached hydrogens (tertiary/aromatic N) is 1. The summed E-state index contributed by atoms with van der Waals surface area (Å²) in [4.78, 5) is 26.9. The highest BCUT2D eigenvalue weighted by atomic mass is 35.5. The van der Waals surface area contributed by atoms with E-state index in [1.807, 2.05) is 35.2 Å². The van der Waals surface area contributed by atoms with Crippen LogP contribution in [0, 0.1) is 5.92 Å². The molecule has 0 radical (unpaired) electrons.